The first kappa shape index (κ1) is 16.7. The first-order chi connectivity index (χ1) is 9.21. The summed E-state index contributed by atoms with van der Waals surface area (Å²) in [7, 11) is 0. The lowest BCUT2D eigenvalue weighted by atomic mass is 10.1. The molecule has 0 aromatic heterocycles. The Labute approximate surface area is 121 Å². The number of allylic oxidation sites excluding steroid dienone is 1. The second kappa shape index (κ2) is 6.42. The summed E-state index contributed by atoms with van der Waals surface area (Å²) >= 11 is 0. The highest BCUT2D eigenvalue weighted by Gasteiger charge is 2.61. The smallest absolute Gasteiger partial charge is 0.333 e. The Balaban J connectivity index is 2.66. The standard InChI is InChI=1S/C16H26O4/c1-7-19-14(17)11(4)8-12-13(16(12,5)6)15(18)20-9-10(2)3/h8,10,12-13H,7,9H2,1-6H3/b11-8+. The largest absolute Gasteiger partial charge is 0.465 e. The molecule has 0 radical (unpaired) electrons. The van der Waals surface area contributed by atoms with E-state index in [-0.39, 0.29) is 29.2 Å². The summed E-state index contributed by atoms with van der Waals surface area (Å²) < 4.78 is 10.3. The van der Waals surface area contributed by atoms with Crippen molar-refractivity contribution in [3.63, 3.8) is 0 Å². The zero-order chi connectivity index (χ0) is 15.5. The first-order valence-electron chi connectivity index (χ1n) is 7.24. The Morgan fingerprint density at radius 3 is 2.35 bits per heavy atom. The number of hydrogen-bond donors (Lipinski definition) is 0. The van der Waals surface area contributed by atoms with Crippen LogP contribution >= 0.6 is 0 Å². The molecule has 114 valence electrons. The van der Waals surface area contributed by atoms with Gasteiger partial charge in [-0.25, -0.2) is 4.79 Å². The molecule has 1 rings (SSSR count). The minimum absolute atomic E-state index is 0.0477. The third kappa shape index (κ3) is 3.84. The van der Waals surface area contributed by atoms with Crippen LogP contribution in [-0.4, -0.2) is 25.2 Å². The molecule has 0 saturated heterocycles. The molecule has 0 aromatic rings. The number of esters is 2. The quantitative estimate of drug-likeness (QED) is 0.555. The Morgan fingerprint density at radius 2 is 1.85 bits per heavy atom. The number of carbonyl (C=O) groups excluding carboxylic acids is 2. The molecule has 2 unspecified atom stereocenters. The van der Waals surface area contributed by atoms with Gasteiger partial charge in [0.1, 0.15) is 0 Å². The second-order valence-corrected chi connectivity index (χ2v) is 6.42. The van der Waals surface area contributed by atoms with Crippen molar-refractivity contribution in [3.05, 3.63) is 11.6 Å². The van der Waals surface area contributed by atoms with Gasteiger partial charge in [0.25, 0.3) is 0 Å². The Kier molecular flexibility index (Phi) is 5.37. The van der Waals surface area contributed by atoms with E-state index in [2.05, 4.69) is 0 Å². The van der Waals surface area contributed by atoms with Gasteiger partial charge >= 0.3 is 11.9 Å². The molecule has 1 aliphatic rings. The highest BCUT2D eigenvalue weighted by Crippen LogP contribution is 2.59. The second-order valence-electron chi connectivity index (χ2n) is 6.42. The van der Waals surface area contributed by atoms with Crippen LogP contribution in [0.25, 0.3) is 0 Å². The Hall–Kier alpha value is -1.32. The van der Waals surface area contributed by atoms with Crippen LogP contribution < -0.4 is 0 Å². The van der Waals surface area contributed by atoms with Gasteiger partial charge in [0, 0.05) is 5.57 Å². The predicted molar refractivity (Wildman–Crippen MR) is 76.9 cm³/mol. The Morgan fingerprint density at radius 1 is 1.25 bits per heavy atom. The summed E-state index contributed by atoms with van der Waals surface area (Å²) in [4.78, 5) is 23.6. The summed E-state index contributed by atoms with van der Waals surface area (Å²) in [5.74, 6) is -0.264. The third-order valence-corrected chi connectivity index (χ3v) is 3.75. The zero-order valence-electron chi connectivity index (χ0n) is 13.4. The van der Waals surface area contributed by atoms with Crippen LogP contribution in [0, 0.1) is 23.2 Å². The summed E-state index contributed by atoms with van der Waals surface area (Å²) in [6, 6.07) is 0. The van der Waals surface area contributed by atoms with Crippen LogP contribution in [0.3, 0.4) is 0 Å². The lowest BCUT2D eigenvalue weighted by Gasteiger charge is -2.07. The number of ether oxygens (including phenoxy) is 2. The SMILES string of the molecule is CCOC(=O)/C(C)=C/C1C(C(=O)OCC(C)C)C1(C)C. The fourth-order valence-electron chi connectivity index (χ4n) is 2.36. The van der Waals surface area contributed by atoms with Crippen molar-refractivity contribution < 1.29 is 19.1 Å². The number of carbonyl (C=O) groups is 2. The van der Waals surface area contributed by atoms with Crippen LogP contribution in [0.5, 0.6) is 0 Å². The maximum absolute atomic E-state index is 12.0. The molecule has 0 aromatic carbocycles. The first-order valence-corrected chi connectivity index (χ1v) is 7.24. The van der Waals surface area contributed by atoms with E-state index >= 15 is 0 Å². The van der Waals surface area contributed by atoms with E-state index in [1.54, 1.807) is 13.8 Å². The molecule has 4 heteroatoms. The molecular weight excluding hydrogens is 256 g/mol. The van der Waals surface area contributed by atoms with E-state index in [0.717, 1.165) is 0 Å². The monoisotopic (exact) mass is 282 g/mol. The van der Waals surface area contributed by atoms with Crippen molar-refractivity contribution in [2.24, 2.45) is 23.2 Å². The van der Waals surface area contributed by atoms with Crippen molar-refractivity contribution in [1.82, 2.24) is 0 Å². The average molecular weight is 282 g/mol. The van der Waals surface area contributed by atoms with Crippen LogP contribution in [0.4, 0.5) is 0 Å². The van der Waals surface area contributed by atoms with E-state index in [1.807, 2.05) is 33.8 Å². The maximum Gasteiger partial charge on any atom is 0.333 e. The van der Waals surface area contributed by atoms with Gasteiger partial charge in [0.2, 0.25) is 0 Å². The van der Waals surface area contributed by atoms with Crippen LogP contribution in [0.1, 0.15) is 41.5 Å². The van der Waals surface area contributed by atoms with Gasteiger partial charge in [-0.3, -0.25) is 4.79 Å². The molecule has 0 N–H and O–H groups in total. The van der Waals surface area contributed by atoms with E-state index in [9.17, 15) is 9.59 Å². The topological polar surface area (TPSA) is 52.6 Å². The van der Waals surface area contributed by atoms with Crippen molar-refractivity contribution >= 4 is 11.9 Å². The van der Waals surface area contributed by atoms with E-state index in [4.69, 9.17) is 9.47 Å². The molecule has 20 heavy (non-hydrogen) atoms. The van der Waals surface area contributed by atoms with Crippen molar-refractivity contribution in [1.29, 1.82) is 0 Å². The maximum atomic E-state index is 12.0. The van der Waals surface area contributed by atoms with Crippen LogP contribution in [0.2, 0.25) is 0 Å². The number of hydrogen-bond acceptors (Lipinski definition) is 4. The fraction of sp³-hybridized carbons (Fsp3) is 0.750. The molecule has 2 atom stereocenters. The van der Waals surface area contributed by atoms with Gasteiger partial charge in [-0.2, -0.15) is 0 Å². The van der Waals surface area contributed by atoms with Gasteiger partial charge < -0.3 is 9.47 Å². The molecule has 0 aliphatic heterocycles. The molecule has 0 spiro atoms. The lowest BCUT2D eigenvalue weighted by Crippen LogP contribution is -2.14. The van der Waals surface area contributed by atoms with Crippen LogP contribution in [0.15, 0.2) is 11.6 Å². The summed E-state index contributed by atoms with van der Waals surface area (Å²) in [6.07, 6.45) is 1.85. The van der Waals surface area contributed by atoms with E-state index < -0.39 is 0 Å². The summed E-state index contributed by atoms with van der Waals surface area (Å²) in [6.45, 7) is 12.4. The highest BCUT2D eigenvalue weighted by molar-refractivity contribution is 5.88. The molecule has 1 fully saturated rings. The molecular formula is C16H26O4. The van der Waals surface area contributed by atoms with Crippen LogP contribution in [-0.2, 0) is 19.1 Å². The van der Waals surface area contributed by atoms with Gasteiger partial charge in [-0.05, 0) is 31.1 Å². The average Bonchev–Trinajstić information content (AvgIpc) is 2.88. The summed E-state index contributed by atoms with van der Waals surface area (Å²) in [5, 5.41) is 0. The highest BCUT2D eigenvalue weighted by atomic mass is 16.5. The van der Waals surface area contributed by atoms with Crippen molar-refractivity contribution in [2.75, 3.05) is 13.2 Å². The molecule has 0 amide bonds. The van der Waals surface area contributed by atoms with Gasteiger partial charge in [0.05, 0.1) is 19.1 Å². The third-order valence-electron chi connectivity index (χ3n) is 3.75. The fourth-order valence-corrected chi connectivity index (χ4v) is 2.36. The molecule has 0 heterocycles. The summed E-state index contributed by atoms with van der Waals surface area (Å²) in [5.41, 5.74) is 0.408. The molecule has 1 aliphatic carbocycles. The van der Waals surface area contributed by atoms with E-state index in [0.29, 0.717) is 24.7 Å². The minimum atomic E-state index is -0.315. The lowest BCUT2D eigenvalue weighted by molar-refractivity contribution is -0.147. The van der Waals surface area contributed by atoms with Gasteiger partial charge in [0.15, 0.2) is 0 Å². The normalized spacial score (nSPS) is 24.4. The molecule has 4 nitrogen and oxygen atoms in total. The molecule has 0 bridgehead atoms. The van der Waals surface area contributed by atoms with E-state index in [1.165, 1.54) is 0 Å². The van der Waals surface area contributed by atoms with Crippen molar-refractivity contribution in [2.45, 2.75) is 41.5 Å². The minimum Gasteiger partial charge on any atom is -0.465 e. The van der Waals surface area contributed by atoms with Gasteiger partial charge in [-0.15, -0.1) is 0 Å². The van der Waals surface area contributed by atoms with Gasteiger partial charge in [-0.1, -0.05) is 33.8 Å². The zero-order valence-corrected chi connectivity index (χ0v) is 13.4. The van der Waals surface area contributed by atoms with Crippen molar-refractivity contribution in [3.8, 4) is 0 Å². The Bertz CT molecular complexity index is 407. The molecule has 1 saturated carbocycles. The number of rotatable bonds is 6. The predicted octanol–water partition coefficient (Wildman–Crippen LogP) is 2.97.